The van der Waals surface area contributed by atoms with Gasteiger partial charge in [-0.05, 0) is 50.1 Å². The van der Waals surface area contributed by atoms with Gasteiger partial charge in [-0.2, -0.15) is 0 Å². The van der Waals surface area contributed by atoms with Crippen molar-refractivity contribution in [3.05, 3.63) is 28.8 Å². The summed E-state index contributed by atoms with van der Waals surface area (Å²) in [6, 6.07) is 5.82. The van der Waals surface area contributed by atoms with Crippen molar-refractivity contribution in [2.24, 2.45) is 5.92 Å². The van der Waals surface area contributed by atoms with E-state index in [2.05, 4.69) is 12.2 Å². The van der Waals surface area contributed by atoms with E-state index in [9.17, 15) is 0 Å². The summed E-state index contributed by atoms with van der Waals surface area (Å²) in [5, 5.41) is 4.16. The molecule has 1 heterocycles. The van der Waals surface area contributed by atoms with Gasteiger partial charge in [0.25, 0.3) is 0 Å². The second-order valence-corrected chi connectivity index (χ2v) is 5.16. The monoisotopic (exact) mass is 253 g/mol. The minimum Gasteiger partial charge on any atom is -0.490 e. The van der Waals surface area contributed by atoms with E-state index in [-0.39, 0.29) is 0 Å². The molecular formula is C14H20ClNO. The Labute approximate surface area is 108 Å². The van der Waals surface area contributed by atoms with E-state index in [0.717, 1.165) is 35.8 Å². The van der Waals surface area contributed by atoms with Crippen molar-refractivity contribution in [1.29, 1.82) is 0 Å². The summed E-state index contributed by atoms with van der Waals surface area (Å²) in [4.78, 5) is 0. The Morgan fingerprint density at radius 3 is 2.94 bits per heavy atom. The molecule has 0 bridgehead atoms. The van der Waals surface area contributed by atoms with Crippen molar-refractivity contribution in [2.45, 2.75) is 32.8 Å². The first kappa shape index (κ1) is 12.7. The molecule has 0 amide bonds. The number of hydrogen-bond donors (Lipinski definition) is 1. The quantitative estimate of drug-likeness (QED) is 0.888. The third-order valence-corrected chi connectivity index (χ3v) is 3.68. The molecule has 1 unspecified atom stereocenters. The first-order valence-electron chi connectivity index (χ1n) is 6.34. The molecule has 1 fully saturated rings. The number of hydrogen-bond acceptors (Lipinski definition) is 2. The predicted molar refractivity (Wildman–Crippen MR) is 71.9 cm³/mol. The number of ether oxygens (including phenoxy) is 1. The molecule has 0 saturated carbocycles. The average Bonchev–Trinajstić information content (AvgIpc) is 2.81. The lowest BCUT2D eigenvalue weighted by Crippen LogP contribution is -2.28. The summed E-state index contributed by atoms with van der Waals surface area (Å²) >= 11 is 5.95. The molecule has 1 aromatic rings. The first-order chi connectivity index (χ1) is 8.20. The fourth-order valence-corrected chi connectivity index (χ4v) is 2.64. The summed E-state index contributed by atoms with van der Waals surface area (Å²) < 4.78 is 6.13. The first-order valence-corrected chi connectivity index (χ1v) is 6.72. The molecule has 0 spiro atoms. The lowest BCUT2D eigenvalue weighted by molar-refractivity contribution is 0.137. The van der Waals surface area contributed by atoms with Crippen LogP contribution in [0.1, 0.15) is 25.3 Å². The second-order valence-electron chi connectivity index (χ2n) is 4.73. The molecular weight excluding hydrogens is 234 g/mol. The van der Waals surface area contributed by atoms with Crippen molar-refractivity contribution >= 4 is 11.6 Å². The third kappa shape index (κ3) is 3.14. The Balaban J connectivity index is 2.06. The zero-order valence-corrected chi connectivity index (χ0v) is 11.3. The van der Waals surface area contributed by atoms with Gasteiger partial charge in [0, 0.05) is 17.5 Å². The summed E-state index contributed by atoms with van der Waals surface area (Å²) in [6.07, 6.45) is 2.57. The highest BCUT2D eigenvalue weighted by Crippen LogP contribution is 2.26. The van der Waals surface area contributed by atoms with Gasteiger partial charge in [-0.15, -0.1) is 0 Å². The van der Waals surface area contributed by atoms with Crippen molar-refractivity contribution < 1.29 is 4.74 Å². The van der Waals surface area contributed by atoms with Crippen LogP contribution in [0.25, 0.3) is 0 Å². The molecule has 1 aromatic carbocycles. The standard InChI is InChI=1S/C14H20ClNO/c1-3-13(11-6-7-16-9-11)17-14-5-4-12(15)8-10(14)2/h4-5,8,11,13,16H,3,6-7,9H2,1-2H3/t11?,13-/m0/s1. The van der Waals surface area contributed by atoms with Crippen molar-refractivity contribution in [2.75, 3.05) is 13.1 Å². The van der Waals surface area contributed by atoms with Gasteiger partial charge in [-0.1, -0.05) is 18.5 Å². The van der Waals surface area contributed by atoms with Crippen molar-refractivity contribution in [3.63, 3.8) is 0 Å². The zero-order chi connectivity index (χ0) is 12.3. The van der Waals surface area contributed by atoms with Gasteiger partial charge in [0.15, 0.2) is 0 Å². The highest BCUT2D eigenvalue weighted by molar-refractivity contribution is 6.30. The van der Waals surface area contributed by atoms with Crippen LogP contribution >= 0.6 is 11.6 Å². The lowest BCUT2D eigenvalue weighted by atomic mass is 9.99. The van der Waals surface area contributed by atoms with Gasteiger partial charge < -0.3 is 10.1 Å². The molecule has 2 atom stereocenters. The summed E-state index contributed by atoms with van der Waals surface area (Å²) in [5.74, 6) is 1.60. The van der Waals surface area contributed by atoms with Crippen LogP contribution in [0.5, 0.6) is 5.75 Å². The van der Waals surface area contributed by atoms with Gasteiger partial charge in [-0.3, -0.25) is 0 Å². The van der Waals surface area contributed by atoms with Gasteiger partial charge in [0.2, 0.25) is 0 Å². The van der Waals surface area contributed by atoms with E-state index in [1.807, 2.05) is 25.1 Å². The maximum atomic E-state index is 6.13. The Hall–Kier alpha value is -0.730. The van der Waals surface area contributed by atoms with E-state index >= 15 is 0 Å². The molecule has 0 aliphatic carbocycles. The van der Waals surface area contributed by atoms with Crippen LogP contribution in [0.2, 0.25) is 5.02 Å². The van der Waals surface area contributed by atoms with Crippen molar-refractivity contribution in [3.8, 4) is 5.75 Å². The minimum absolute atomic E-state index is 0.310. The Bertz CT molecular complexity index is 374. The third-order valence-electron chi connectivity index (χ3n) is 3.44. The van der Waals surface area contributed by atoms with E-state index in [1.165, 1.54) is 6.42 Å². The van der Waals surface area contributed by atoms with Crippen LogP contribution in [-0.4, -0.2) is 19.2 Å². The molecule has 3 heteroatoms. The van der Waals surface area contributed by atoms with Gasteiger partial charge >= 0.3 is 0 Å². The summed E-state index contributed by atoms with van der Waals surface area (Å²) in [7, 11) is 0. The SMILES string of the molecule is CC[C@H](Oc1ccc(Cl)cc1C)C1CCNC1. The van der Waals surface area contributed by atoms with E-state index in [4.69, 9.17) is 16.3 Å². The minimum atomic E-state index is 0.310. The highest BCUT2D eigenvalue weighted by Gasteiger charge is 2.25. The average molecular weight is 254 g/mol. The number of nitrogens with one attached hydrogen (secondary N) is 1. The molecule has 2 nitrogen and oxygen atoms in total. The normalized spacial score (nSPS) is 21.5. The van der Waals surface area contributed by atoms with Gasteiger partial charge in [0.05, 0.1) is 0 Å². The van der Waals surface area contributed by atoms with E-state index < -0.39 is 0 Å². The van der Waals surface area contributed by atoms with Gasteiger partial charge in [-0.25, -0.2) is 0 Å². The number of aryl methyl sites for hydroxylation is 1. The fraction of sp³-hybridized carbons (Fsp3) is 0.571. The van der Waals surface area contributed by atoms with Crippen LogP contribution in [-0.2, 0) is 0 Å². The number of rotatable bonds is 4. The number of benzene rings is 1. The largest absolute Gasteiger partial charge is 0.490 e. The lowest BCUT2D eigenvalue weighted by Gasteiger charge is -2.24. The molecule has 0 radical (unpaired) electrons. The topological polar surface area (TPSA) is 21.3 Å². The highest BCUT2D eigenvalue weighted by atomic mass is 35.5. The molecule has 0 aromatic heterocycles. The second kappa shape index (κ2) is 5.74. The summed E-state index contributed by atoms with van der Waals surface area (Å²) in [5.41, 5.74) is 1.11. The van der Waals surface area contributed by atoms with E-state index in [0.29, 0.717) is 12.0 Å². The predicted octanol–water partition coefficient (Wildman–Crippen LogP) is 3.42. The van der Waals surface area contributed by atoms with Crippen LogP contribution in [0, 0.1) is 12.8 Å². The zero-order valence-electron chi connectivity index (χ0n) is 10.5. The molecule has 94 valence electrons. The van der Waals surface area contributed by atoms with Crippen LogP contribution in [0.3, 0.4) is 0 Å². The molecule has 1 aliphatic rings. The Morgan fingerprint density at radius 2 is 2.35 bits per heavy atom. The van der Waals surface area contributed by atoms with Crippen LogP contribution in [0.4, 0.5) is 0 Å². The van der Waals surface area contributed by atoms with Gasteiger partial charge in [0.1, 0.15) is 11.9 Å². The Kier molecular flexibility index (Phi) is 4.30. The smallest absolute Gasteiger partial charge is 0.122 e. The maximum absolute atomic E-state index is 6.13. The van der Waals surface area contributed by atoms with Crippen LogP contribution < -0.4 is 10.1 Å². The van der Waals surface area contributed by atoms with E-state index in [1.54, 1.807) is 0 Å². The maximum Gasteiger partial charge on any atom is 0.122 e. The number of halogens is 1. The summed E-state index contributed by atoms with van der Waals surface area (Å²) in [6.45, 7) is 6.42. The molecule has 1 N–H and O–H groups in total. The fourth-order valence-electron chi connectivity index (χ4n) is 2.42. The van der Waals surface area contributed by atoms with Crippen molar-refractivity contribution in [1.82, 2.24) is 5.32 Å². The molecule has 17 heavy (non-hydrogen) atoms. The molecule has 2 rings (SSSR count). The Morgan fingerprint density at radius 1 is 1.53 bits per heavy atom. The van der Waals surface area contributed by atoms with Crippen LogP contribution in [0.15, 0.2) is 18.2 Å². The molecule has 1 aliphatic heterocycles. The molecule has 1 saturated heterocycles.